The summed E-state index contributed by atoms with van der Waals surface area (Å²) in [5.74, 6) is -0.210. The molecule has 0 spiro atoms. The van der Waals surface area contributed by atoms with Crippen molar-refractivity contribution in [3.05, 3.63) is 58.6 Å². The maximum atomic E-state index is 13.3. The van der Waals surface area contributed by atoms with Crippen molar-refractivity contribution in [2.75, 3.05) is 41.3 Å². The fraction of sp³-hybridized carbons (Fsp3) is 0.333. The van der Waals surface area contributed by atoms with E-state index in [0.29, 0.717) is 39.7 Å². The molecular weight excluding hydrogens is 392 g/mol. The maximum absolute atomic E-state index is 13.3. The maximum Gasteiger partial charge on any atom is 0.210 e. The van der Waals surface area contributed by atoms with Crippen LogP contribution in [-0.2, 0) is 12.8 Å². The van der Waals surface area contributed by atoms with Gasteiger partial charge >= 0.3 is 0 Å². The van der Waals surface area contributed by atoms with Gasteiger partial charge < -0.3 is 24.9 Å². The number of nitrogens with zero attached hydrogens (tertiary/aromatic N) is 2. The highest BCUT2D eigenvalue weighted by Gasteiger charge is 2.31. The molecule has 31 heavy (non-hydrogen) atoms. The van der Waals surface area contributed by atoms with Crippen LogP contribution in [0.5, 0.6) is 5.75 Å². The number of carbonyl (C=O) groups is 2. The Hall–Kier alpha value is -3.16. The van der Waals surface area contributed by atoms with Crippen molar-refractivity contribution >= 4 is 28.0 Å². The average Bonchev–Trinajstić information content (AvgIpc) is 3.33. The molecule has 3 N–H and O–H groups in total. The number of phenols is 1. The van der Waals surface area contributed by atoms with Crippen molar-refractivity contribution in [3.8, 4) is 5.75 Å². The number of ketones is 2. The first-order chi connectivity index (χ1) is 14.8. The molecule has 0 amide bonds. The van der Waals surface area contributed by atoms with Gasteiger partial charge in [-0.25, -0.2) is 0 Å². The highest BCUT2D eigenvalue weighted by molar-refractivity contribution is 6.39. The van der Waals surface area contributed by atoms with Crippen LogP contribution in [0.4, 0.5) is 0 Å². The van der Waals surface area contributed by atoms with Gasteiger partial charge in [0.1, 0.15) is 5.75 Å². The van der Waals surface area contributed by atoms with Crippen molar-refractivity contribution in [1.82, 2.24) is 19.8 Å². The van der Waals surface area contributed by atoms with E-state index in [1.54, 1.807) is 18.3 Å². The minimum absolute atomic E-state index is 0.162. The second kappa shape index (κ2) is 8.17. The van der Waals surface area contributed by atoms with Crippen LogP contribution in [0.1, 0.15) is 37.5 Å². The fourth-order valence-corrected chi connectivity index (χ4v) is 4.13. The number of hydrogen-bond acceptors (Lipinski definition) is 5. The Morgan fingerprint density at radius 1 is 0.903 bits per heavy atom. The largest absolute Gasteiger partial charge is 0.507 e. The van der Waals surface area contributed by atoms with Crippen LogP contribution >= 0.6 is 0 Å². The third-order valence-electron chi connectivity index (χ3n) is 5.80. The van der Waals surface area contributed by atoms with E-state index in [0.717, 1.165) is 30.6 Å². The molecule has 1 aliphatic rings. The van der Waals surface area contributed by atoms with Gasteiger partial charge in [-0.1, -0.05) is 0 Å². The zero-order chi connectivity index (χ0) is 22.3. The zero-order valence-electron chi connectivity index (χ0n) is 18.4. The normalized spacial score (nSPS) is 14.1. The molecule has 162 valence electrons. The molecule has 2 aromatic heterocycles. The lowest BCUT2D eigenvalue weighted by Gasteiger charge is -2.15. The first-order valence-corrected chi connectivity index (χ1v) is 10.4. The fourth-order valence-electron chi connectivity index (χ4n) is 4.13. The van der Waals surface area contributed by atoms with E-state index < -0.39 is 0 Å². The minimum atomic E-state index is -0.206. The minimum Gasteiger partial charge on any atom is -0.507 e. The Balaban J connectivity index is 1.74. The summed E-state index contributed by atoms with van der Waals surface area (Å²) < 4.78 is 0. The number of aromatic amines is 2. The summed E-state index contributed by atoms with van der Waals surface area (Å²) in [5, 5.41) is 11.2. The zero-order valence-corrected chi connectivity index (χ0v) is 18.4. The number of fused-ring (bicyclic) bond motifs is 2. The summed E-state index contributed by atoms with van der Waals surface area (Å²) in [6.07, 6.45) is 6.51. The number of rotatable bonds is 7. The predicted octanol–water partition coefficient (Wildman–Crippen LogP) is 2.87. The summed E-state index contributed by atoms with van der Waals surface area (Å²) in [5.41, 5.74) is 4.29. The van der Waals surface area contributed by atoms with Crippen LogP contribution in [0.15, 0.2) is 30.6 Å². The van der Waals surface area contributed by atoms with Gasteiger partial charge in [-0.15, -0.1) is 0 Å². The number of carbonyl (C=O) groups excluding carboxylic acids is 2. The molecule has 0 bridgehead atoms. The SMILES string of the molecule is CN(C)CCc1c[nH]c2c1C(=O)C=C(c1ccc(O)c3c(CCN(C)C)c[nH]c13)C2=O. The van der Waals surface area contributed by atoms with E-state index in [9.17, 15) is 14.7 Å². The van der Waals surface area contributed by atoms with E-state index in [2.05, 4.69) is 14.9 Å². The van der Waals surface area contributed by atoms with Crippen molar-refractivity contribution < 1.29 is 14.7 Å². The van der Waals surface area contributed by atoms with E-state index >= 15 is 0 Å². The number of phenolic OH excluding ortho intramolecular Hbond substituents is 1. The topological polar surface area (TPSA) is 92.4 Å². The highest BCUT2D eigenvalue weighted by atomic mass is 16.3. The van der Waals surface area contributed by atoms with Crippen molar-refractivity contribution in [2.45, 2.75) is 12.8 Å². The number of aromatic nitrogens is 2. The molecule has 0 saturated carbocycles. The Kier molecular flexibility index (Phi) is 5.56. The molecule has 1 aliphatic carbocycles. The van der Waals surface area contributed by atoms with Gasteiger partial charge in [-0.3, -0.25) is 9.59 Å². The molecular formula is C24H28N4O3. The Morgan fingerprint density at radius 2 is 1.55 bits per heavy atom. The number of Topliss-reactive ketones (excluding diaryl/α,β-unsaturated/α-hetero) is 1. The summed E-state index contributed by atoms with van der Waals surface area (Å²) in [6, 6.07) is 3.29. The summed E-state index contributed by atoms with van der Waals surface area (Å²) in [4.78, 5) is 36.7. The van der Waals surface area contributed by atoms with E-state index in [1.807, 2.05) is 39.3 Å². The van der Waals surface area contributed by atoms with Crippen LogP contribution in [0, 0.1) is 0 Å². The lowest BCUT2D eigenvalue weighted by molar-refractivity contribution is 0.0999. The lowest BCUT2D eigenvalue weighted by Crippen LogP contribution is -2.19. The molecule has 2 heterocycles. The molecule has 0 unspecified atom stereocenters. The molecule has 4 rings (SSSR count). The molecule has 0 atom stereocenters. The quantitative estimate of drug-likeness (QED) is 0.547. The third kappa shape index (κ3) is 3.82. The number of aromatic hydroxyl groups is 1. The van der Waals surface area contributed by atoms with Gasteiger partial charge in [0.25, 0.3) is 0 Å². The molecule has 0 radical (unpaired) electrons. The first kappa shape index (κ1) is 21.1. The van der Waals surface area contributed by atoms with E-state index in [-0.39, 0.29) is 17.3 Å². The van der Waals surface area contributed by atoms with Crippen LogP contribution in [0.3, 0.4) is 0 Å². The van der Waals surface area contributed by atoms with Gasteiger partial charge in [0.15, 0.2) is 5.78 Å². The van der Waals surface area contributed by atoms with E-state index in [1.165, 1.54) is 6.08 Å². The van der Waals surface area contributed by atoms with Gasteiger partial charge in [0.05, 0.1) is 16.8 Å². The molecule has 0 fully saturated rings. The second-order valence-corrected chi connectivity index (χ2v) is 8.62. The van der Waals surface area contributed by atoms with Gasteiger partial charge in [0, 0.05) is 42.0 Å². The van der Waals surface area contributed by atoms with Crippen LogP contribution < -0.4 is 0 Å². The predicted molar refractivity (Wildman–Crippen MR) is 122 cm³/mol. The summed E-state index contributed by atoms with van der Waals surface area (Å²) >= 11 is 0. The molecule has 7 nitrogen and oxygen atoms in total. The van der Waals surface area contributed by atoms with Crippen molar-refractivity contribution in [3.63, 3.8) is 0 Å². The van der Waals surface area contributed by atoms with Crippen molar-refractivity contribution in [1.29, 1.82) is 0 Å². The summed E-state index contributed by atoms with van der Waals surface area (Å²) in [6.45, 7) is 1.62. The number of likely N-dealkylation sites (N-methyl/N-ethyl adjacent to an activating group) is 2. The number of nitrogens with one attached hydrogen (secondary N) is 2. The Morgan fingerprint density at radius 3 is 2.23 bits per heavy atom. The monoisotopic (exact) mass is 420 g/mol. The molecule has 3 aromatic rings. The average molecular weight is 421 g/mol. The highest BCUT2D eigenvalue weighted by Crippen LogP contribution is 2.37. The van der Waals surface area contributed by atoms with Gasteiger partial charge in [0.2, 0.25) is 5.78 Å². The standard InChI is InChI=1S/C24H28N4O3/c1-27(2)9-7-14-12-25-22-16(5-6-18(29)20(14)22)17-11-19(30)21-15(8-10-28(3)4)13-26-23(21)24(17)31/h5-6,11-13,25-26,29H,7-10H2,1-4H3. The number of benzene rings is 1. The Bertz CT molecular complexity index is 1200. The second-order valence-electron chi connectivity index (χ2n) is 8.62. The van der Waals surface area contributed by atoms with Gasteiger partial charge in [-0.2, -0.15) is 0 Å². The molecule has 1 aromatic carbocycles. The lowest BCUT2D eigenvalue weighted by atomic mass is 9.87. The van der Waals surface area contributed by atoms with Crippen LogP contribution in [-0.4, -0.2) is 77.7 Å². The first-order valence-electron chi connectivity index (χ1n) is 10.4. The third-order valence-corrected chi connectivity index (χ3v) is 5.80. The van der Waals surface area contributed by atoms with Crippen LogP contribution in [0.25, 0.3) is 16.5 Å². The smallest absolute Gasteiger partial charge is 0.210 e. The number of H-pyrrole nitrogens is 2. The number of hydrogen-bond donors (Lipinski definition) is 3. The number of allylic oxidation sites excluding steroid dienone is 2. The Labute approximate surface area is 181 Å². The molecule has 0 saturated heterocycles. The van der Waals surface area contributed by atoms with Crippen LogP contribution in [0.2, 0.25) is 0 Å². The molecule has 0 aliphatic heterocycles. The van der Waals surface area contributed by atoms with E-state index in [4.69, 9.17) is 0 Å². The van der Waals surface area contributed by atoms with Gasteiger partial charge in [-0.05, 0) is 70.4 Å². The molecule has 7 heteroatoms. The van der Waals surface area contributed by atoms with Crippen molar-refractivity contribution in [2.24, 2.45) is 0 Å². The summed E-state index contributed by atoms with van der Waals surface area (Å²) in [7, 11) is 7.95.